The highest BCUT2D eigenvalue weighted by molar-refractivity contribution is 6.45. The maximum atomic E-state index is 10.8. The molecule has 1 N–H and O–H groups in total. The summed E-state index contributed by atoms with van der Waals surface area (Å²) in [7, 11) is 1.45. The third kappa shape index (κ3) is 2.52. The van der Waals surface area contributed by atoms with E-state index in [0.29, 0.717) is 5.75 Å². The van der Waals surface area contributed by atoms with E-state index in [2.05, 4.69) is 5.32 Å². The predicted molar refractivity (Wildman–Crippen MR) is 57.3 cm³/mol. The van der Waals surface area contributed by atoms with Crippen LogP contribution in [0.1, 0.15) is 0 Å². The standard InChI is InChI=1S/C9H6Cl2N2O2/c1-15-6-3-2-5(8(10)9(6)11)13-7(14)4-12/h2-3H,1H3,(H,13,14). The fourth-order valence-corrected chi connectivity index (χ4v) is 1.38. The Hall–Kier alpha value is -1.44. The molecule has 78 valence electrons. The highest BCUT2D eigenvalue weighted by atomic mass is 35.5. The number of nitrogens with zero attached hydrogens (tertiary/aromatic N) is 1. The Morgan fingerprint density at radius 1 is 1.47 bits per heavy atom. The molecule has 0 bridgehead atoms. The molecule has 0 heterocycles. The number of ether oxygens (including phenoxy) is 1. The molecule has 15 heavy (non-hydrogen) atoms. The van der Waals surface area contributed by atoms with Gasteiger partial charge in [-0.15, -0.1) is 0 Å². The molecule has 4 nitrogen and oxygen atoms in total. The molecule has 0 aliphatic rings. The van der Waals surface area contributed by atoms with Crippen molar-refractivity contribution in [3.8, 4) is 11.8 Å². The predicted octanol–water partition coefficient (Wildman–Crippen LogP) is 2.46. The lowest BCUT2D eigenvalue weighted by atomic mass is 10.3. The van der Waals surface area contributed by atoms with Gasteiger partial charge in [-0.25, -0.2) is 0 Å². The maximum absolute atomic E-state index is 10.8. The Labute approximate surface area is 96.4 Å². The van der Waals surface area contributed by atoms with Crippen molar-refractivity contribution in [1.29, 1.82) is 5.26 Å². The molecule has 0 aromatic heterocycles. The number of hydrogen-bond donors (Lipinski definition) is 1. The molecule has 1 aromatic rings. The summed E-state index contributed by atoms with van der Waals surface area (Å²) in [5, 5.41) is 10.9. The number of hydrogen-bond acceptors (Lipinski definition) is 3. The van der Waals surface area contributed by atoms with E-state index in [-0.39, 0.29) is 15.7 Å². The van der Waals surface area contributed by atoms with Crippen LogP contribution in [0.25, 0.3) is 0 Å². The maximum Gasteiger partial charge on any atom is 0.326 e. The molecule has 1 rings (SSSR count). The van der Waals surface area contributed by atoms with Gasteiger partial charge in [0.15, 0.2) is 6.07 Å². The first-order chi connectivity index (χ1) is 7.10. The Morgan fingerprint density at radius 2 is 2.13 bits per heavy atom. The van der Waals surface area contributed by atoms with Crippen LogP contribution in [0.3, 0.4) is 0 Å². The zero-order valence-electron chi connectivity index (χ0n) is 7.67. The average Bonchev–Trinajstić information content (AvgIpc) is 2.25. The molecule has 0 radical (unpaired) electrons. The number of methoxy groups -OCH3 is 1. The van der Waals surface area contributed by atoms with Crippen molar-refractivity contribution in [3.05, 3.63) is 22.2 Å². The van der Waals surface area contributed by atoms with Gasteiger partial charge >= 0.3 is 5.91 Å². The first-order valence-corrected chi connectivity index (χ1v) is 4.58. The van der Waals surface area contributed by atoms with Crippen molar-refractivity contribution in [2.75, 3.05) is 12.4 Å². The molecule has 0 unspecified atom stereocenters. The van der Waals surface area contributed by atoms with Crippen molar-refractivity contribution in [1.82, 2.24) is 0 Å². The number of nitrogens with one attached hydrogen (secondary N) is 1. The van der Waals surface area contributed by atoms with Gasteiger partial charge < -0.3 is 10.1 Å². The van der Waals surface area contributed by atoms with Gasteiger partial charge in [-0.2, -0.15) is 5.26 Å². The van der Waals surface area contributed by atoms with Gasteiger partial charge in [0.05, 0.1) is 17.8 Å². The number of carbonyl (C=O) groups excluding carboxylic acids is 1. The van der Waals surface area contributed by atoms with Crippen LogP contribution in [0.15, 0.2) is 12.1 Å². The Balaban J connectivity index is 3.08. The van der Waals surface area contributed by atoms with E-state index in [1.807, 2.05) is 0 Å². The van der Waals surface area contributed by atoms with Gasteiger partial charge in [0.1, 0.15) is 10.8 Å². The van der Waals surface area contributed by atoms with E-state index >= 15 is 0 Å². The number of nitriles is 1. The van der Waals surface area contributed by atoms with Crippen LogP contribution in [-0.2, 0) is 4.79 Å². The first-order valence-electron chi connectivity index (χ1n) is 3.83. The summed E-state index contributed by atoms with van der Waals surface area (Å²) in [4.78, 5) is 10.8. The van der Waals surface area contributed by atoms with Crippen LogP contribution in [0.5, 0.6) is 5.75 Å². The zero-order chi connectivity index (χ0) is 11.4. The Bertz CT molecular complexity index is 440. The Kier molecular flexibility index (Phi) is 3.78. The number of amides is 1. The molecular formula is C9H6Cl2N2O2. The van der Waals surface area contributed by atoms with Crippen molar-refractivity contribution in [3.63, 3.8) is 0 Å². The topological polar surface area (TPSA) is 62.1 Å². The average molecular weight is 245 g/mol. The number of anilines is 1. The highest BCUT2D eigenvalue weighted by Crippen LogP contribution is 2.37. The molecule has 0 saturated heterocycles. The largest absolute Gasteiger partial charge is 0.495 e. The van der Waals surface area contributed by atoms with E-state index < -0.39 is 5.91 Å². The molecule has 0 fully saturated rings. The van der Waals surface area contributed by atoms with E-state index in [0.717, 1.165) is 0 Å². The lowest BCUT2D eigenvalue weighted by Gasteiger charge is -2.08. The SMILES string of the molecule is COc1ccc(NC(=O)C#N)c(Cl)c1Cl. The summed E-state index contributed by atoms with van der Waals surface area (Å²) in [6, 6.07) is 4.45. The number of rotatable bonds is 2. The second kappa shape index (κ2) is 4.87. The fraction of sp³-hybridized carbons (Fsp3) is 0.111. The Morgan fingerprint density at radius 3 is 2.67 bits per heavy atom. The lowest BCUT2D eigenvalue weighted by molar-refractivity contribution is -0.111. The third-order valence-electron chi connectivity index (χ3n) is 1.62. The lowest BCUT2D eigenvalue weighted by Crippen LogP contribution is -2.08. The van der Waals surface area contributed by atoms with Gasteiger partial charge in [-0.3, -0.25) is 4.79 Å². The number of benzene rings is 1. The van der Waals surface area contributed by atoms with Gasteiger partial charge in [0.2, 0.25) is 0 Å². The quantitative estimate of drug-likeness (QED) is 0.814. The van der Waals surface area contributed by atoms with Crippen molar-refractivity contribution >= 4 is 34.8 Å². The van der Waals surface area contributed by atoms with Crippen LogP contribution in [0, 0.1) is 11.3 Å². The monoisotopic (exact) mass is 244 g/mol. The second-order valence-corrected chi connectivity index (χ2v) is 3.27. The summed E-state index contributed by atoms with van der Waals surface area (Å²) >= 11 is 11.7. The van der Waals surface area contributed by atoms with Gasteiger partial charge in [-0.05, 0) is 12.1 Å². The summed E-state index contributed by atoms with van der Waals surface area (Å²) in [5.41, 5.74) is 0.272. The minimum Gasteiger partial charge on any atom is -0.495 e. The first kappa shape index (κ1) is 11.6. The van der Waals surface area contributed by atoms with E-state index in [9.17, 15) is 4.79 Å². The third-order valence-corrected chi connectivity index (χ3v) is 2.48. The van der Waals surface area contributed by atoms with Gasteiger partial charge in [0, 0.05) is 0 Å². The molecule has 1 amide bonds. The summed E-state index contributed by atoms with van der Waals surface area (Å²) in [5.74, 6) is -0.408. The van der Waals surface area contributed by atoms with Crippen LogP contribution in [0.2, 0.25) is 10.0 Å². The molecule has 0 aliphatic heterocycles. The molecule has 0 atom stereocenters. The number of halogens is 2. The van der Waals surface area contributed by atoms with Crippen molar-refractivity contribution in [2.45, 2.75) is 0 Å². The summed E-state index contributed by atoms with van der Waals surface area (Å²) < 4.78 is 4.92. The molecule has 0 aliphatic carbocycles. The zero-order valence-corrected chi connectivity index (χ0v) is 9.19. The van der Waals surface area contributed by atoms with Crippen LogP contribution in [0.4, 0.5) is 5.69 Å². The highest BCUT2D eigenvalue weighted by Gasteiger charge is 2.11. The molecule has 0 spiro atoms. The van der Waals surface area contributed by atoms with Crippen LogP contribution >= 0.6 is 23.2 Å². The van der Waals surface area contributed by atoms with Gasteiger partial charge in [-0.1, -0.05) is 23.2 Å². The van der Waals surface area contributed by atoms with E-state index in [1.165, 1.54) is 19.2 Å². The molecular weight excluding hydrogens is 239 g/mol. The summed E-state index contributed by atoms with van der Waals surface area (Å²) in [6.07, 6.45) is 0. The van der Waals surface area contributed by atoms with Crippen molar-refractivity contribution < 1.29 is 9.53 Å². The molecule has 0 saturated carbocycles. The van der Waals surface area contributed by atoms with E-state index in [4.69, 9.17) is 33.2 Å². The smallest absolute Gasteiger partial charge is 0.326 e. The van der Waals surface area contributed by atoms with E-state index in [1.54, 1.807) is 6.07 Å². The van der Waals surface area contributed by atoms with Crippen LogP contribution in [-0.4, -0.2) is 13.0 Å². The second-order valence-electron chi connectivity index (χ2n) is 2.51. The van der Waals surface area contributed by atoms with Crippen LogP contribution < -0.4 is 10.1 Å². The fourth-order valence-electron chi connectivity index (χ4n) is 0.936. The minimum atomic E-state index is -0.807. The van der Waals surface area contributed by atoms with Crippen molar-refractivity contribution in [2.24, 2.45) is 0 Å². The number of carbonyl (C=O) groups is 1. The molecule has 1 aromatic carbocycles. The van der Waals surface area contributed by atoms with Gasteiger partial charge in [0.25, 0.3) is 0 Å². The molecule has 6 heteroatoms. The minimum absolute atomic E-state index is 0.139. The normalized spacial score (nSPS) is 9.20. The summed E-state index contributed by atoms with van der Waals surface area (Å²) in [6.45, 7) is 0.